The van der Waals surface area contributed by atoms with Crippen LogP contribution in [0.3, 0.4) is 0 Å². The van der Waals surface area contributed by atoms with Crippen LogP contribution in [-0.4, -0.2) is 27.3 Å². The van der Waals surface area contributed by atoms with Gasteiger partial charge in [0.15, 0.2) is 0 Å². The van der Waals surface area contributed by atoms with Crippen LogP contribution in [0.5, 0.6) is 0 Å². The minimum Gasteiger partial charge on any atom is -0.397 e. The van der Waals surface area contributed by atoms with Crippen molar-refractivity contribution < 1.29 is 8.42 Å². The van der Waals surface area contributed by atoms with E-state index in [4.69, 9.17) is 5.73 Å². The Morgan fingerprint density at radius 2 is 2.06 bits per heavy atom. The highest BCUT2D eigenvalue weighted by Gasteiger charge is 2.08. The van der Waals surface area contributed by atoms with Gasteiger partial charge in [-0.1, -0.05) is 19.1 Å². The second kappa shape index (κ2) is 5.88. The summed E-state index contributed by atoms with van der Waals surface area (Å²) in [6, 6.07) is 5.58. The van der Waals surface area contributed by atoms with Gasteiger partial charge in [-0.05, 0) is 18.6 Å². The molecule has 17 heavy (non-hydrogen) atoms. The molecule has 0 aliphatic rings. The molecule has 1 aromatic carbocycles. The molecule has 6 heteroatoms. The van der Waals surface area contributed by atoms with E-state index in [1.165, 1.54) is 0 Å². The van der Waals surface area contributed by atoms with Gasteiger partial charge in [-0.2, -0.15) is 0 Å². The predicted molar refractivity (Wildman–Crippen MR) is 71.5 cm³/mol. The minimum absolute atomic E-state index is 0.0363. The molecule has 1 rings (SSSR count). The van der Waals surface area contributed by atoms with Gasteiger partial charge in [0.2, 0.25) is 10.0 Å². The molecule has 0 unspecified atom stereocenters. The van der Waals surface area contributed by atoms with E-state index in [-0.39, 0.29) is 5.75 Å². The van der Waals surface area contributed by atoms with Gasteiger partial charge in [0.1, 0.15) is 0 Å². The Morgan fingerprint density at radius 1 is 1.35 bits per heavy atom. The van der Waals surface area contributed by atoms with Gasteiger partial charge in [0.25, 0.3) is 0 Å². The number of para-hydroxylation sites is 1. The van der Waals surface area contributed by atoms with Crippen molar-refractivity contribution in [1.82, 2.24) is 4.72 Å². The van der Waals surface area contributed by atoms with Crippen molar-refractivity contribution in [2.45, 2.75) is 13.8 Å². The molecular formula is C11H19N3O2S. The minimum atomic E-state index is -3.18. The van der Waals surface area contributed by atoms with Gasteiger partial charge in [-0.3, -0.25) is 0 Å². The molecule has 0 atom stereocenters. The van der Waals surface area contributed by atoms with Crippen LogP contribution in [0.1, 0.15) is 12.5 Å². The number of nitrogens with one attached hydrogen (secondary N) is 2. The molecule has 0 saturated carbocycles. The smallest absolute Gasteiger partial charge is 0.213 e. The van der Waals surface area contributed by atoms with Gasteiger partial charge in [-0.25, -0.2) is 13.1 Å². The number of rotatable bonds is 6. The van der Waals surface area contributed by atoms with Crippen LogP contribution in [0.2, 0.25) is 0 Å². The van der Waals surface area contributed by atoms with E-state index in [0.717, 1.165) is 11.3 Å². The second-order valence-corrected chi connectivity index (χ2v) is 5.71. The van der Waals surface area contributed by atoms with E-state index in [2.05, 4.69) is 10.0 Å². The standard InChI is InChI=1S/C11H19N3O2S/c1-3-14-17(15,16)8-7-13-11-9(2)5-4-6-10(11)12/h4-6,13-14H,3,7-8,12H2,1-2H3. The Kier molecular flexibility index (Phi) is 4.77. The summed E-state index contributed by atoms with van der Waals surface area (Å²) in [6.07, 6.45) is 0. The van der Waals surface area contributed by atoms with E-state index in [0.29, 0.717) is 18.8 Å². The third-order valence-electron chi connectivity index (χ3n) is 2.34. The highest BCUT2D eigenvalue weighted by Crippen LogP contribution is 2.21. The first-order valence-corrected chi connectivity index (χ1v) is 7.18. The Morgan fingerprint density at radius 3 is 2.65 bits per heavy atom. The summed E-state index contributed by atoms with van der Waals surface area (Å²) in [6.45, 7) is 4.43. The van der Waals surface area contributed by atoms with Crippen molar-refractivity contribution in [3.63, 3.8) is 0 Å². The van der Waals surface area contributed by atoms with Gasteiger partial charge in [0, 0.05) is 13.1 Å². The van der Waals surface area contributed by atoms with Crippen LogP contribution in [0.25, 0.3) is 0 Å². The van der Waals surface area contributed by atoms with E-state index >= 15 is 0 Å². The highest BCUT2D eigenvalue weighted by atomic mass is 32.2. The topological polar surface area (TPSA) is 84.2 Å². The number of nitrogen functional groups attached to an aromatic ring is 1. The van der Waals surface area contributed by atoms with Crippen LogP contribution in [0.4, 0.5) is 11.4 Å². The van der Waals surface area contributed by atoms with Crippen LogP contribution in [-0.2, 0) is 10.0 Å². The largest absolute Gasteiger partial charge is 0.397 e. The quantitative estimate of drug-likeness (QED) is 0.662. The average molecular weight is 257 g/mol. The summed E-state index contributed by atoms with van der Waals surface area (Å²) in [5.41, 5.74) is 8.24. The normalized spacial score (nSPS) is 11.4. The average Bonchev–Trinajstić information content (AvgIpc) is 2.22. The highest BCUT2D eigenvalue weighted by molar-refractivity contribution is 7.89. The van der Waals surface area contributed by atoms with Crippen LogP contribution < -0.4 is 15.8 Å². The Hall–Kier alpha value is -1.27. The summed E-state index contributed by atoms with van der Waals surface area (Å²) in [7, 11) is -3.18. The fourth-order valence-corrected chi connectivity index (χ4v) is 2.49. The van der Waals surface area contributed by atoms with Gasteiger partial charge < -0.3 is 11.1 Å². The van der Waals surface area contributed by atoms with E-state index < -0.39 is 10.0 Å². The lowest BCUT2D eigenvalue weighted by molar-refractivity contribution is 0.584. The molecule has 0 amide bonds. The zero-order chi connectivity index (χ0) is 12.9. The molecule has 1 aromatic rings. The van der Waals surface area contributed by atoms with E-state index in [9.17, 15) is 8.42 Å². The maximum Gasteiger partial charge on any atom is 0.213 e. The first kappa shape index (κ1) is 13.8. The fraction of sp³-hybridized carbons (Fsp3) is 0.455. The number of sulfonamides is 1. The summed E-state index contributed by atoms with van der Waals surface area (Å²) < 4.78 is 25.3. The summed E-state index contributed by atoms with van der Waals surface area (Å²) in [4.78, 5) is 0. The van der Waals surface area contributed by atoms with Crippen molar-refractivity contribution in [3.8, 4) is 0 Å². The molecular weight excluding hydrogens is 238 g/mol. The number of anilines is 2. The summed E-state index contributed by atoms with van der Waals surface area (Å²) in [5.74, 6) is 0.0363. The lowest BCUT2D eigenvalue weighted by Gasteiger charge is -2.12. The number of hydrogen-bond acceptors (Lipinski definition) is 4. The monoisotopic (exact) mass is 257 g/mol. The summed E-state index contributed by atoms with van der Waals surface area (Å²) >= 11 is 0. The molecule has 0 bridgehead atoms. The van der Waals surface area contributed by atoms with Crippen molar-refractivity contribution in [3.05, 3.63) is 23.8 Å². The maximum absolute atomic E-state index is 11.4. The molecule has 0 aromatic heterocycles. The zero-order valence-electron chi connectivity index (χ0n) is 10.2. The summed E-state index contributed by atoms with van der Waals surface area (Å²) in [5, 5.41) is 3.05. The Labute approximate surface area is 102 Å². The zero-order valence-corrected chi connectivity index (χ0v) is 11.0. The lowest BCUT2D eigenvalue weighted by atomic mass is 10.1. The number of benzene rings is 1. The molecule has 0 spiro atoms. The number of aryl methyl sites for hydroxylation is 1. The van der Waals surface area contributed by atoms with Crippen LogP contribution in [0, 0.1) is 6.92 Å². The first-order chi connectivity index (χ1) is 7.96. The fourth-order valence-electron chi connectivity index (χ4n) is 1.53. The second-order valence-electron chi connectivity index (χ2n) is 3.78. The first-order valence-electron chi connectivity index (χ1n) is 5.52. The number of hydrogen-bond donors (Lipinski definition) is 3. The van der Waals surface area contributed by atoms with Crippen LogP contribution in [0.15, 0.2) is 18.2 Å². The SMILES string of the molecule is CCNS(=O)(=O)CCNc1c(C)cccc1N. The lowest BCUT2D eigenvalue weighted by Crippen LogP contribution is -2.29. The maximum atomic E-state index is 11.4. The molecule has 0 heterocycles. The molecule has 4 N–H and O–H groups in total. The van der Waals surface area contributed by atoms with Gasteiger partial charge in [-0.15, -0.1) is 0 Å². The third-order valence-corrected chi connectivity index (χ3v) is 3.81. The van der Waals surface area contributed by atoms with Crippen molar-refractivity contribution in [1.29, 1.82) is 0 Å². The predicted octanol–water partition coefficient (Wildman–Crippen LogP) is 0.928. The van der Waals surface area contributed by atoms with E-state index in [1.54, 1.807) is 13.0 Å². The molecule has 0 fully saturated rings. The van der Waals surface area contributed by atoms with Crippen molar-refractivity contribution >= 4 is 21.4 Å². The molecule has 0 saturated heterocycles. The van der Waals surface area contributed by atoms with Gasteiger partial charge >= 0.3 is 0 Å². The van der Waals surface area contributed by atoms with Crippen molar-refractivity contribution in [2.75, 3.05) is 29.9 Å². The molecule has 5 nitrogen and oxygen atoms in total. The molecule has 96 valence electrons. The molecule has 0 aliphatic heterocycles. The van der Waals surface area contributed by atoms with Crippen molar-refractivity contribution in [2.24, 2.45) is 0 Å². The Bertz CT molecular complexity index is 451. The molecule has 0 aliphatic carbocycles. The van der Waals surface area contributed by atoms with Crippen LogP contribution >= 0.6 is 0 Å². The number of nitrogens with two attached hydrogens (primary N) is 1. The van der Waals surface area contributed by atoms with E-state index in [1.807, 2.05) is 19.1 Å². The Balaban J connectivity index is 2.57. The van der Waals surface area contributed by atoms with Gasteiger partial charge in [0.05, 0.1) is 17.1 Å². The molecule has 0 radical (unpaired) electrons. The third kappa shape index (κ3) is 4.24.